The summed E-state index contributed by atoms with van der Waals surface area (Å²) in [6, 6.07) is 24.4. The van der Waals surface area contributed by atoms with E-state index in [4.69, 9.17) is 21.3 Å². The van der Waals surface area contributed by atoms with Crippen LogP contribution in [0.25, 0.3) is 38.7 Å². The monoisotopic (exact) mass is 358 g/mol. The second-order valence-corrected chi connectivity index (χ2v) is 6.69. The van der Waals surface area contributed by atoms with Gasteiger partial charge in [0.1, 0.15) is 11.6 Å². The third kappa shape index (κ3) is 2.25. The lowest BCUT2D eigenvalue weighted by molar-refractivity contribution is 0.415. The van der Waals surface area contributed by atoms with Gasteiger partial charge in [-0.25, -0.2) is 4.98 Å². The summed E-state index contributed by atoms with van der Waals surface area (Å²) in [5.74, 6) is 1.72. The van der Waals surface area contributed by atoms with Crippen LogP contribution in [0.5, 0.6) is 5.75 Å². The van der Waals surface area contributed by atoms with Gasteiger partial charge < -0.3 is 4.74 Å². The molecule has 26 heavy (non-hydrogen) atoms. The number of para-hydroxylation sites is 1. The maximum Gasteiger partial charge on any atom is 0.145 e. The van der Waals surface area contributed by atoms with E-state index in [0.29, 0.717) is 5.02 Å². The molecule has 5 rings (SSSR count). The molecule has 0 atom stereocenters. The molecule has 126 valence electrons. The van der Waals surface area contributed by atoms with Crippen molar-refractivity contribution in [3.8, 4) is 17.1 Å². The lowest BCUT2D eigenvalue weighted by atomic mass is 10.1. The Morgan fingerprint density at radius 3 is 2.50 bits per heavy atom. The van der Waals surface area contributed by atoms with Gasteiger partial charge in [0.05, 0.1) is 23.7 Å². The molecule has 0 aliphatic heterocycles. The number of benzene rings is 3. The SMILES string of the molecule is COc1ccc2nc(-c3ccc(Cl)cc3)n3c4ccccc4cc3c2c1. The Hall–Kier alpha value is -3.04. The van der Waals surface area contributed by atoms with Crippen molar-refractivity contribution in [2.75, 3.05) is 7.11 Å². The van der Waals surface area contributed by atoms with Crippen molar-refractivity contribution in [2.24, 2.45) is 0 Å². The first-order chi connectivity index (χ1) is 12.7. The first-order valence-electron chi connectivity index (χ1n) is 8.38. The predicted octanol–water partition coefficient (Wildman–Crippen LogP) is 5.97. The molecule has 0 saturated carbocycles. The molecular formula is C22H15ClN2O. The van der Waals surface area contributed by atoms with E-state index in [1.54, 1.807) is 7.11 Å². The first-order valence-corrected chi connectivity index (χ1v) is 8.76. The molecular weight excluding hydrogens is 344 g/mol. The number of aromatic nitrogens is 2. The van der Waals surface area contributed by atoms with Crippen molar-refractivity contribution in [3.05, 3.63) is 77.8 Å². The number of ether oxygens (including phenoxy) is 1. The van der Waals surface area contributed by atoms with E-state index < -0.39 is 0 Å². The van der Waals surface area contributed by atoms with Crippen LogP contribution in [0.3, 0.4) is 0 Å². The van der Waals surface area contributed by atoms with E-state index in [1.165, 1.54) is 5.39 Å². The minimum atomic E-state index is 0.716. The zero-order valence-electron chi connectivity index (χ0n) is 14.1. The van der Waals surface area contributed by atoms with Gasteiger partial charge in [-0.15, -0.1) is 0 Å². The van der Waals surface area contributed by atoms with E-state index in [0.717, 1.165) is 39.1 Å². The predicted molar refractivity (Wildman–Crippen MR) is 107 cm³/mol. The van der Waals surface area contributed by atoms with Crippen LogP contribution in [-0.4, -0.2) is 16.5 Å². The molecule has 5 aromatic rings. The van der Waals surface area contributed by atoms with Crippen LogP contribution in [0.15, 0.2) is 72.8 Å². The molecule has 0 saturated heterocycles. The van der Waals surface area contributed by atoms with E-state index >= 15 is 0 Å². The number of hydrogen-bond acceptors (Lipinski definition) is 2. The standard InChI is InChI=1S/C22H15ClN2O/c1-26-17-10-11-19-18(13-17)21-12-15-4-2-3-5-20(15)25(21)22(24-19)14-6-8-16(23)9-7-14/h2-13H,1H3. The Kier molecular flexibility index (Phi) is 3.37. The van der Waals surface area contributed by atoms with Crippen molar-refractivity contribution in [2.45, 2.75) is 0 Å². The fourth-order valence-corrected chi connectivity index (χ4v) is 3.61. The van der Waals surface area contributed by atoms with Crippen LogP contribution < -0.4 is 4.74 Å². The summed E-state index contributed by atoms with van der Waals surface area (Å²) in [6.45, 7) is 0. The van der Waals surface area contributed by atoms with Gasteiger partial charge >= 0.3 is 0 Å². The maximum absolute atomic E-state index is 6.08. The lowest BCUT2D eigenvalue weighted by Crippen LogP contribution is -1.97. The maximum atomic E-state index is 6.08. The van der Waals surface area contributed by atoms with Crippen LogP contribution in [0.4, 0.5) is 0 Å². The third-order valence-corrected chi connectivity index (χ3v) is 4.98. The number of halogens is 1. The van der Waals surface area contributed by atoms with E-state index in [-0.39, 0.29) is 0 Å². The Labute approximate surface area is 155 Å². The topological polar surface area (TPSA) is 26.5 Å². The normalized spacial score (nSPS) is 11.5. The molecule has 0 unspecified atom stereocenters. The van der Waals surface area contributed by atoms with Crippen molar-refractivity contribution in [3.63, 3.8) is 0 Å². The highest BCUT2D eigenvalue weighted by Crippen LogP contribution is 2.33. The highest BCUT2D eigenvalue weighted by Gasteiger charge is 2.14. The summed E-state index contributed by atoms with van der Waals surface area (Å²) in [5.41, 5.74) is 4.20. The summed E-state index contributed by atoms with van der Waals surface area (Å²) in [5, 5.41) is 2.96. The minimum Gasteiger partial charge on any atom is -0.497 e. The van der Waals surface area contributed by atoms with Gasteiger partial charge in [-0.1, -0.05) is 29.8 Å². The lowest BCUT2D eigenvalue weighted by Gasteiger charge is -2.11. The van der Waals surface area contributed by atoms with Gasteiger partial charge in [-0.2, -0.15) is 0 Å². The van der Waals surface area contributed by atoms with Gasteiger partial charge in [0, 0.05) is 21.4 Å². The fourth-order valence-electron chi connectivity index (χ4n) is 3.48. The fraction of sp³-hybridized carbons (Fsp3) is 0.0455. The molecule has 0 spiro atoms. The summed E-state index contributed by atoms with van der Waals surface area (Å²) in [7, 11) is 1.68. The smallest absolute Gasteiger partial charge is 0.145 e. The number of nitrogens with zero attached hydrogens (tertiary/aromatic N) is 2. The second kappa shape index (κ2) is 5.75. The second-order valence-electron chi connectivity index (χ2n) is 6.25. The Morgan fingerprint density at radius 2 is 1.69 bits per heavy atom. The third-order valence-electron chi connectivity index (χ3n) is 4.73. The van der Waals surface area contributed by atoms with Gasteiger partial charge in [-0.3, -0.25) is 4.40 Å². The van der Waals surface area contributed by atoms with E-state index in [9.17, 15) is 0 Å². The number of hydrogen-bond donors (Lipinski definition) is 0. The minimum absolute atomic E-state index is 0.716. The molecule has 2 aromatic heterocycles. The van der Waals surface area contributed by atoms with Crippen molar-refractivity contribution in [1.82, 2.24) is 9.38 Å². The average molecular weight is 359 g/mol. The molecule has 0 bridgehead atoms. The van der Waals surface area contributed by atoms with Crippen LogP contribution in [-0.2, 0) is 0 Å². The highest BCUT2D eigenvalue weighted by molar-refractivity contribution is 6.30. The molecule has 4 heteroatoms. The summed E-state index contributed by atoms with van der Waals surface area (Å²) < 4.78 is 7.63. The van der Waals surface area contributed by atoms with Gasteiger partial charge in [0.15, 0.2) is 0 Å². The van der Waals surface area contributed by atoms with Crippen molar-refractivity contribution in [1.29, 1.82) is 0 Å². The van der Waals surface area contributed by atoms with E-state index in [2.05, 4.69) is 34.7 Å². The molecule has 3 nitrogen and oxygen atoms in total. The Bertz CT molecular complexity index is 1270. The molecule has 0 aliphatic carbocycles. The molecule has 0 N–H and O–H groups in total. The molecule has 3 aromatic carbocycles. The molecule has 0 amide bonds. The van der Waals surface area contributed by atoms with Crippen LogP contribution in [0.2, 0.25) is 5.02 Å². The van der Waals surface area contributed by atoms with Gasteiger partial charge in [0.2, 0.25) is 0 Å². The van der Waals surface area contributed by atoms with Crippen LogP contribution in [0, 0.1) is 0 Å². The average Bonchev–Trinajstić information content (AvgIpc) is 3.07. The number of methoxy groups -OCH3 is 1. The Balaban J connectivity index is 1.98. The molecule has 2 heterocycles. The van der Waals surface area contributed by atoms with E-state index in [1.807, 2.05) is 42.5 Å². The molecule has 0 radical (unpaired) electrons. The Morgan fingerprint density at radius 1 is 0.885 bits per heavy atom. The number of fused-ring (bicyclic) bond motifs is 5. The molecule has 0 aliphatic rings. The summed E-state index contributed by atoms with van der Waals surface area (Å²) in [6.07, 6.45) is 0. The van der Waals surface area contributed by atoms with Gasteiger partial charge in [-0.05, 0) is 54.6 Å². The van der Waals surface area contributed by atoms with Gasteiger partial charge in [0.25, 0.3) is 0 Å². The molecule has 0 fully saturated rings. The quantitative estimate of drug-likeness (QED) is 0.388. The van der Waals surface area contributed by atoms with Crippen LogP contribution in [0.1, 0.15) is 0 Å². The van der Waals surface area contributed by atoms with Crippen molar-refractivity contribution < 1.29 is 4.74 Å². The highest BCUT2D eigenvalue weighted by atomic mass is 35.5. The largest absolute Gasteiger partial charge is 0.497 e. The number of rotatable bonds is 2. The summed E-state index contributed by atoms with van der Waals surface area (Å²) in [4.78, 5) is 4.97. The first kappa shape index (κ1) is 15.2. The van der Waals surface area contributed by atoms with Crippen LogP contribution >= 0.6 is 11.6 Å². The zero-order chi connectivity index (χ0) is 17.7. The zero-order valence-corrected chi connectivity index (χ0v) is 14.9. The summed E-state index contributed by atoms with van der Waals surface area (Å²) >= 11 is 6.08. The van der Waals surface area contributed by atoms with Crippen molar-refractivity contribution >= 4 is 38.9 Å².